The topological polar surface area (TPSA) is 44.9 Å². The van der Waals surface area contributed by atoms with Gasteiger partial charge in [0.1, 0.15) is 18.9 Å². The lowest BCUT2D eigenvalue weighted by molar-refractivity contribution is -0.661. The predicted octanol–water partition coefficient (Wildman–Crippen LogP) is 3.33. The highest BCUT2D eigenvalue weighted by atomic mass is 16.6. The molecule has 28 heavy (non-hydrogen) atoms. The van der Waals surface area contributed by atoms with Crippen molar-refractivity contribution < 1.29 is 19.2 Å². The van der Waals surface area contributed by atoms with E-state index in [1.54, 1.807) is 0 Å². The van der Waals surface area contributed by atoms with Gasteiger partial charge >= 0.3 is 0 Å². The van der Waals surface area contributed by atoms with Crippen molar-refractivity contribution in [3.05, 3.63) is 53.1 Å². The Balaban J connectivity index is 1.61. The lowest BCUT2D eigenvalue weighted by atomic mass is 10.0. The number of hydrogen-bond donors (Lipinski definition) is 1. The molecule has 2 aromatic rings. The molecule has 0 fully saturated rings. The molecule has 0 aliphatic carbocycles. The molecular weight excluding hydrogens is 352 g/mol. The van der Waals surface area contributed by atoms with Gasteiger partial charge in [-0.05, 0) is 62.1 Å². The highest BCUT2D eigenvalue weighted by Gasteiger charge is 2.53. The number of hydrogen-bond acceptors (Lipinski definition) is 4. The van der Waals surface area contributed by atoms with Gasteiger partial charge in [-0.1, -0.05) is 12.1 Å². The zero-order valence-corrected chi connectivity index (χ0v) is 16.6. The third kappa shape index (κ3) is 2.60. The molecule has 5 nitrogen and oxygen atoms in total. The van der Waals surface area contributed by atoms with E-state index in [0.717, 1.165) is 42.9 Å². The third-order valence-corrected chi connectivity index (χ3v) is 6.35. The molecule has 2 aromatic carbocycles. The van der Waals surface area contributed by atoms with Crippen molar-refractivity contribution >= 4 is 11.5 Å². The Morgan fingerprint density at radius 2 is 1.86 bits per heavy atom. The SMILES string of the molecule is Cc1cccc(N2C[C@@](O)(c3ccc4c(c3)OCCO4)[N+]3=C2CCCC3)c1C. The van der Waals surface area contributed by atoms with Gasteiger partial charge in [0.2, 0.25) is 0 Å². The maximum absolute atomic E-state index is 11.9. The van der Waals surface area contributed by atoms with E-state index < -0.39 is 5.72 Å². The summed E-state index contributed by atoms with van der Waals surface area (Å²) in [6, 6.07) is 12.3. The Morgan fingerprint density at radius 3 is 2.71 bits per heavy atom. The molecule has 0 amide bonds. The third-order valence-electron chi connectivity index (χ3n) is 6.35. The Kier molecular flexibility index (Phi) is 4.09. The highest BCUT2D eigenvalue weighted by Crippen LogP contribution is 2.40. The molecule has 0 spiro atoms. The summed E-state index contributed by atoms with van der Waals surface area (Å²) in [5.74, 6) is 2.70. The van der Waals surface area contributed by atoms with E-state index >= 15 is 0 Å². The van der Waals surface area contributed by atoms with Crippen molar-refractivity contribution in [1.29, 1.82) is 0 Å². The molecule has 3 heterocycles. The summed E-state index contributed by atoms with van der Waals surface area (Å²) in [5.41, 5.74) is 3.53. The highest BCUT2D eigenvalue weighted by molar-refractivity contribution is 5.96. The van der Waals surface area contributed by atoms with Crippen LogP contribution in [0.25, 0.3) is 0 Å². The van der Waals surface area contributed by atoms with E-state index in [1.165, 1.54) is 22.6 Å². The molecule has 1 N–H and O–H groups in total. The minimum Gasteiger partial charge on any atom is -0.486 e. The summed E-state index contributed by atoms with van der Waals surface area (Å²) in [4.78, 5) is 2.32. The molecule has 5 heteroatoms. The van der Waals surface area contributed by atoms with Crippen molar-refractivity contribution in [2.24, 2.45) is 0 Å². The molecular formula is C23H27N2O3+. The number of nitrogens with zero attached hydrogens (tertiary/aromatic N) is 2. The number of aliphatic hydroxyl groups is 1. The van der Waals surface area contributed by atoms with Crippen LogP contribution in [-0.4, -0.2) is 41.8 Å². The van der Waals surface area contributed by atoms with E-state index in [1.807, 2.05) is 18.2 Å². The van der Waals surface area contributed by atoms with Crippen LogP contribution >= 0.6 is 0 Å². The molecule has 0 saturated carbocycles. The molecule has 0 bridgehead atoms. The van der Waals surface area contributed by atoms with Crippen LogP contribution in [0.5, 0.6) is 11.5 Å². The van der Waals surface area contributed by atoms with Gasteiger partial charge in [0.15, 0.2) is 18.0 Å². The van der Waals surface area contributed by atoms with Crippen molar-refractivity contribution in [2.45, 2.75) is 38.8 Å². The first-order valence-electron chi connectivity index (χ1n) is 10.2. The first kappa shape index (κ1) is 17.6. The number of rotatable bonds is 2. The van der Waals surface area contributed by atoms with Crippen molar-refractivity contribution in [3.63, 3.8) is 0 Å². The fraction of sp³-hybridized carbons (Fsp3) is 0.435. The van der Waals surface area contributed by atoms with Gasteiger partial charge in [-0.3, -0.25) is 0 Å². The van der Waals surface area contributed by atoms with Crippen LogP contribution < -0.4 is 14.4 Å². The molecule has 0 radical (unpaired) electrons. The number of amidine groups is 1. The van der Waals surface area contributed by atoms with E-state index in [9.17, 15) is 5.11 Å². The molecule has 0 aromatic heterocycles. The van der Waals surface area contributed by atoms with Gasteiger partial charge in [-0.25, -0.2) is 9.48 Å². The molecule has 5 rings (SSSR count). The van der Waals surface area contributed by atoms with E-state index in [0.29, 0.717) is 19.8 Å². The normalized spacial score (nSPS) is 23.8. The molecule has 146 valence electrons. The first-order chi connectivity index (χ1) is 13.6. The number of benzene rings is 2. The number of aryl methyl sites for hydroxylation is 1. The summed E-state index contributed by atoms with van der Waals surface area (Å²) < 4.78 is 13.6. The predicted molar refractivity (Wildman–Crippen MR) is 109 cm³/mol. The molecule has 0 saturated heterocycles. The van der Waals surface area contributed by atoms with Crippen molar-refractivity contribution in [3.8, 4) is 11.5 Å². The monoisotopic (exact) mass is 379 g/mol. The standard InChI is InChI=1S/C23H27N2O3/c1-16-6-5-7-19(17(16)2)24-15-23(26,25-11-4-3-8-22(24)25)18-9-10-20-21(14-18)28-13-12-27-20/h5-7,9-10,14,26H,3-4,8,11-13,15H2,1-2H3/q+1/t23-/m1/s1. The van der Waals surface area contributed by atoms with E-state index in [4.69, 9.17) is 9.47 Å². The van der Waals surface area contributed by atoms with Crippen LogP contribution in [0.4, 0.5) is 5.69 Å². The van der Waals surface area contributed by atoms with E-state index in [-0.39, 0.29) is 0 Å². The second-order valence-electron chi connectivity index (χ2n) is 8.01. The Hall–Kier alpha value is -2.53. The minimum absolute atomic E-state index is 0.520. The number of β-amino-alcohol motifs (C(OH)–C–C–N with tert-alkyl or cyclic N) is 1. The van der Waals surface area contributed by atoms with Gasteiger partial charge in [-0.2, -0.15) is 0 Å². The maximum Gasteiger partial charge on any atom is 0.271 e. The zero-order chi connectivity index (χ0) is 19.3. The van der Waals surface area contributed by atoms with Crippen LogP contribution in [0.3, 0.4) is 0 Å². The summed E-state index contributed by atoms with van der Waals surface area (Å²) in [6.45, 7) is 6.81. The van der Waals surface area contributed by atoms with Crippen LogP contribution in [0.15, 0.2) is 36.4 Å². The van der Waals surface area contributed by atoms with Gasteiger partial charge in [-0.15, -0.1) is 0 Å². The molecule has 3 aliphatic rings. The van der Waals surface area contributed by atoms with Crippen LogP contribution in [0.2, 0.25) is 0 Å². The number of anilines is 1. The number of ether oxygens (including phenoxy) is 2. The summed E-state index contributed by atoms with van der Waals surface area (Å²) >= 11 is 0. The van der Waals surface area contributed by atoms with Crippen molar-refractivity contribution in [1.82, 2.24) is 0 Å². The lowest BCUT2D eigenvalue weighted by Gasteiger charge is -2.26. The van der Waals surface area contributed by atoms with Crippen LogP contribution in [-0.2, 0) is 5.72 Å². The quantitative estimate of drug-likeness (QED) is 0.813. The maximum atomic E-state index is 11.9. The minimum atomic E-state index is -1.07. The smallest absolute Gasteiger partial charge is 0.271 e. The molecule has 0 unspecified atom stereocenters. The second kappa shape index (κ2) is 6.52. The Bertz CT molecular complexity index is 968. The van der Waals surface area contributed by atoms with Gasteiger partial charge < -0.3 is 14.6 Å². The van der Waals surface area contributed by atoms with Gasteiger partial charge in [0.05, 0.1) is 6.54 Å². The fourth-order valence-electron chi connectivity index (χ4n) is 4.69. The first-order valence-corrected chi connectivity index (χ1v) is 10.2. The van der Waals surface area contributed by atoms with Crippen molar-refractivity contribution in [2.75, 3.05) is 31.2 Å². The Morgan fingerprint density at radius 1 is 1.04 bits per heavy atom. The van der Waals surface area contributed by atoms with Gasteiger partial charge in [0.25, 0.3) is 11.6 Å². The average molecular weight is 379 g/mol. The molecule has 3 aliphatic heterocycles. The van der Waals surface area contributed by atoms with Gasteiger partial charge in [0, 0.05) is 12.0 Å². The molecule has 1 atom stereocenters. The van der Waals surface area contributed by atoms with Crippen LogP contribution in [0, 0.1) is 13.8 Å². The van der Waals surface area contributed by atoms with Crippen LogP contribution in [0.1, 0.15) is 36.0 Å². The summed E-state index contributed by atoms with van der Waals surface area (Å²) in [6.07, 6.45) is 3.24. The Labute approximate surface area is 165 Å². The zero-order valence-electron chi connectivity index (χ0n) is 16.6. The average Bonchev–Trinajstić information content (AvgIpc) is 3.04. The largest absolute Gasteiger partial charge is 0.486 e. The lowest BCUT2D eigenvalue weighted by Crippen LogP contribution is -2.41. The number of fused-ring (bicyclic) bond motifs is 1. The van der Waals surface area contributed by atoms with E-state index in [2.05, 4.69) is 41.5 Å². The summed E-state index contributed by atoms with van der Waals surface area (Å²) in [7, 11) is 0. The second-order valence-corrected chi connectivity index (χ2v) is 8.01. The fourth-order valence-corrected chi connectivity index (χ4v) is 4.69. The summed E-state index contributed by atoms with van der Waals surface area (Å²) in [5, 5.41) is 11.9.